The number of furan rings is 1. The summed E-state index contributed by atoms with van der Waals surface area (Å²) in [4.78, 5) is 6.96. The van der Waals surface area contributed by atoms with Crippen molar-refractivity contribution in [3.63, 3.8) is 0 Å². The molecule has 4 rings (SSSR count). The van der Waals surface area contributed by atoms with Crippen molar-refractivity contribution >= 4 is 0 Å². The van der Waals surface area contributed by atoms with E-state index in [1.807, 2.05) is 41.1 Å². The summed E-state index contributed by atoms with van der Waals surface area (Å²) in [6.07, 6.45) is 3.51. The molecule has 0 radical (unpaired) electrons. The Morgan fingerprint density at radius 1 is 0.967 bits per heavy atom. The summed E-state index contributed by atoms with van der Waals surface area (Å²) in [6, 6.07) is 20.0. The number of hydrogen-bond acceptors (Lipinski definition) is 6. The normalized spacial score (nSPS) is 12.9. The molecule has 1 unspecified atom stereocenters. The zero-order chi connectivity index (χ0) is 21.0. The number of pyridine rings is 1. The lowest BCUT2D eigenvalue weighted by molar-refractivity contribution is 0.169. The van der Waals surface area contributed by atoms with E-state index in [2.05, 4.69) is 70.4 Å². The second-order valence-corrected chi connectivity index (χ2v) is 8.25. The molecule has 7 heteroatoms. The number of aromatic nitrogens is 5. The summed E-state index contributed by atoms with van der Waals surface area (Å²) < 4.78 is 7.56. The molecule has 0 aliphatic carbocycles. The first-order valence-electron chi connectivity index (χ1n) is 10.0. The zero-order valence-electron chi connectivity index (χ0n) is 17.5. The van der Waals surface area contributed by atoms with Gasteiger partial charge in [0.15, 0.2) is 5.82 Å². The molecular weight excluding hydrogens is 376 g/mol. The van der Waals surface area contributed by atoms with Crippen LogP contribution in [0.3, 0.4) is 0 Å². The molecule has 0 aliphatic heterocycles. The molecule has 3 aromatic heterocycles. The molecule has 0 N–H and O–H groups in total. The standard InChI is InChI=1S/C23H26N6O/c1-23(2,3)29-22(25-26-27-29)21(20-13-7-8-14-24-20)28(17-19-12-9-15-30-19)16-18-10-5-4-6-11-18/h4-15,21H,16-17H2,1-3H3. The summed E-state index contributed by atoms with van der Waals surface area (Å²) in [5, 5.41) is 12.7. The highest BCUT2D eigenvalue weighted by atomic mass is 16.3. The van der Waals surface area contributed by atoms with E-state index in [1.165, 1.54) is 5.56 Å². The van der Waals surface area contributed by atoms with Crippen molar-refractivity contribution in [1.29, 1.82) is 0 Å². The Hall–Kier alpha value is -3.32. The van der Waals surface area contributed by atoms with E-state index >= 15 is 0 Å². The van der Waals surface area contributed by atoms with Gasteiger partial charge in [-0.25, -0.2) is 4.68 Å². The molecule has 154 valence electrons. The Labute approximate surface area is 176 Å². The van der Waals surface area contributed by atoms with Crippen molar-refractivity contribution in [3.8, 4) is 0 Å². The van der Waals surface area contributed by atoms with Gasteiger partial charge in [-0.15, -0.1) is 5.10 Å². The van der Waals surface area contributed by atoms with Crippen molar-refractivity contribution in [2.45, 2.75) is 45.4 Å². The summed E-state index contributed by atoms with van der Waals surface area (Å²) in [5.41, 5.74) is 1.81. The predicted octanol–water partition coefficient (Wildman–Crippen LogP) is 4.21. The van der Waals surface area contributed by atoms with Crippen LogP contribution in [0.15, 0.2) is 77.5 Å². The number of rotatable bonds is 7. The molecule has 0 amide bonds. The number of hydrogen-bond donors (Lipinski definition) is 0. The van der Waals surface area contributed by atoms with Crippen LogP contribution >= 0.6 is 0 Å². The second kappa shape index (κ2) is 8.59. The zero-order valence-corrected chi connectivity index (χ0v) is 17.5. The Balaban J connectivity index is 1.82. The first-order valence-corrected chi connectivity index (χ1v) is 10.0. The largest absolute Gasteiger partial charge is 0.468 e. The minimum Gasteiger partial charge on any atom is -0.468 e. The van der Waals surface area contributed by atoms with Crippen molar-refractivity contribution in [3.05, 3.63) is 96.0 Å². The van der Waals surface area contributed by atoms with Gasteiger partial charge in [0.05, 0.1) is 24.0 Å². The van der Waals surface area contributed by atoms with Crippen LogP contribution in [0.1, 0.15) is 49.7 Å². The maximum atomic E-state index is 5.68. The first kappa shape index (κ1) is 20.0. The van der Waals surface area contributed by atoms with Crippen LogP contribution < -0.4 is 0 Å². The van der Waals surface area contributed by atoms with Gasteiger partial charge in [-0.05, 0) is 61.0 Å². The van der Waals surface area contributed by atoms with Crippen LogP contribution in [0, 0.1) is 0 Å². The molecule has 1 atom stereocenters. The Morgan fingerprint density at radius 2 is 1.77 bits per heavy atom. The third kappa shape index (κ3) is 4.46. The van der Waals surface area contributed by atoms with E-state index in [-0.39, 0.29) is 11.6 Å². The van der Waals surface area contributed by atoms with E-state index in [4.69, 9.17) is 4.42 Å². The average molecular weight is 403 g/mol. The fourth-order valence-corrected chi connectivity index (χ4v) is 3.52. The van der Waals surface area contributed by atoms with Gasteiger partial charge in [0.25, 0.3) is 0 Å². The van der Waals surface area contributed by atoms with Crippen molar-refractivity contribution in [2.75, 3.05) is 0 Å². The summed E-state index contributed by atoms with van der Waals surface area (Å²) in [6.45, 7) is 7.57. The van der Waals surface area contributed by atoms with E-state index in [9.17, 15) is 0 Å². The van der Waals surface area contributed by atoms with Gasteiger partial charge >= 0.3 is 0 Å². The lowest BCUT2D eigenvalue weighted by atomic mass is 10.0. The van der Waals surface area contributed by atoms with Crippen molar-refractivity contribution < 1.29 is 4.42 Å². The van der Waals surface area contributed by atoms with Crippen molar-refractivity contribution in [2.24, 2.45) is 0 Å². The van der Waals surface area contributed by atoms with Crippen LogP contribution in [0.5, 0.6) is 0 Å². The van der Waals surface area contributed by atoms with E-state index in [0.29, 0.717) is 13.1 Å². The minimum absolute atomic E-state index is 0.245. The molecule has 0 saturated carbocycles. The summed E-state index contributed by atoms with van der Waals surface area (Å²) >= 11 is 0. The third-order valence-corrected chi connectivity index (χ3v) is 4.87. The van der Waals surface area contributed by atoms with E-state index in [1.54, 1.807) is 12.5 Å². The van der Waals surface area contributed by atoms with Crippen LogP contribution in [-0.2, 0) is 18.6 Å². The topological polar surface area (TPSA) is 72.9 Å². The lowest BCUT2D eigenvalue weighted by Gasteiger charge is -2.32. The molecule has 0 bridgehead atoms. The molecule has 0 fully saturated rings. The van der Waals surface area contributed by atoms with Gasteiger partial charge in [-0.1, -0.05) is 36.4 Å². The Kier molecular flexibility index (Phi) is 5.72. The van der Waals surface area contributed by atoms with E-state index in [0.717, 1.165) is 17.3 Å². The monoisotopic (exact) mass is 402 g/mol. The highest BCUT2D eigenvalue weighted by Gasteiger charge is 2.32. The molecule has 30 heavy (non-hydrogen) atoms. The third-order valence-electron chi connectivity index (χ3n) is 4.87. The summed E-state index contributed by atoms with van der Waals surface area (Å²) in [5.74, 6) is 1.63. The second-order valence-electron chi connectivity index (χ2n) is 8.25. The SMILES string of the molecule is CC(C)(C)n1nnnc1C(c1ccccn1)N(Cc1ccccc1)Cc1ccco1. The smallest absolute Gasteiger partial charge is 0.175 e. The quantitative estimate of drug-likeness (QED) is 0.461. The minimum atomic E-state index is -0.269. The lowest BCUT2D eigenvalue weighted by Crippen LogP contribution is -2.35. The highest BCUT2D eigenvalue weighted by Crippen LogP contribution is 2.31. The van der Waals surface area contributed by atoms with Gasteiger partial charge in [0.2, 0.25) is 0 Å². The Bertz CT molecular complexity index is 1040. The number of tetrazole rings is 1. The van der Waals surface area contributed by atoms with Gasteiger partial charge < -0.3 is 4.42 Å². The predicted molar refractivity (Wildman–Crippen MR) is 113 cm³/mol. The fraction of sp³-hybridized carbons (Fsp3) is 0.304. The molecule has 0 spiro atoms. The summed E-state index contributed by atoms with van der Waals surface area (Å²) in [7, 11) is 0. The molecule has 7 nitrogen and oxygen atoms in total. The first-order chi connectivity index (χ1) is 14.5. The maximum absolute atomic E-state index is 5.68. The molecule has 0 saturated heterocycles. The van der Waals surface area contributed by atoms with Crippen LogP contribution in [0.2, 0.25) is 0 Å². The van der Waals surface area contributed by atoms with Gasteiger partial charge in [0.1, 0.15) is 11.8 Å². The number of nitrogens with zero attached hydrogens (tertiary/aromatic N) is 6. The highest BCUT2D eigenvalue weighted by molar-refractivity contribution is 5.21. The van der Waals surface area contributed by atoms with Crippen LogP contribution in [0.4, 0.5) is 0 Å². The van der Waals surface area contributed by atoms with Crippen LogP contribution in [-0.4, -0.2) is 30.1 Å². The molecule has 1 aromatic carbocycles. The maximum Gasteiger partial charge on any atom is 0.175 e. The fourth-order valence-electron chi connectivity index (χ4n) is 3.52. The van der Waals surface area contributed by atoms with Gasteiger partial charge in [-0.2, -0.15) is 0 Å². The van der Waals surface area contributed by atoms with Crippen LogP contribution in [0.25, 0.3) is 0 Å². The molecule has 0 aliphatic rings. The van der Waals surface area contributed by atoms with Crippen molar-refractivity contribution in [1.82, 2.24) is 30.1 Å². The molecule has 3 heterocycles. The van der Waals surface area contributed by atoms with E-state index < -0.39 is 0 Å². The Morgan fingerprint density at radius 3 is 2.43 bits per heavy atom. The van der Waals surface area contributed by atoms with Gasteiger partial charge in [-0.3, -0.25) is 9.88 Å². The molecule has 4 aromatic rings. The molecular formula is C23H26N6O. The van der Waals surface area contributed by atoms with Gasteiger partial charge in [0, 0.05) is 12.7 Å². The average Bonchev–Trinajstić information content (AvgIpc) is 3.42. The number of benzene rings is 1.